The van der Waals surface area contributed by atoms with Crippen LogP contribution in [-0.2, 0) is 23.8 Å². The van der Waals surface area contributed by atoms with E-state index in [0.29, 0.717) is 19.4 Å². The zero-order valence-electron chi connectivity index (χ0n) is 29.4. The largest absolute Gasteiger partial charge is 0.462 e. The second kappa shape index (κ2) is 35.9. The number of carbonyl (C=O) groups is 2. The summed E-state index contributed by atoms with van der Waals surface area (Å²) in [5, 5.41) is 0. The van der Waals surface area contributed by atoms with Gasteiger partial charge in [0.1, 0.15) is 6.61 Å². The average Bonchev–Trinajstić information content (AvgIpc) is 3.02. The normalized spacial score (nSPS) is 12.3. The smallest absolute Gasteiger partial charge is 0.306 e. The summed E-state index contributed by atoms with van der Waals surface area (Å²) in [7, 11) is 0. The summed E-state index contributed by atoms with van der Waals surface area (Å²) in [4.78, 5) is 24.7. The fourth-order valence-corrected chi connectivity index (χ4v) is 5.13. The third-order valence-corrected chi connectivity index (χ3v) is 7.99. The highest BCUT2D eigenvalue weighted by Crippen LogP contribution is 2.12. The Morgan fingerprint density at radius 1 is 0.500 bits per heavy atom. The van der Waals surface area contributed by atoms with Crippen LogP contribution in [0.1, 0.15) is 188 Å². The molecule has 0 aromatic rings. The molecule has 0 aromatic heterocycles. The van der Waals surface area contributed by atoms with Gasteiger partial charge < -0.3 is 14.2 Å². The zero-order chi connectivity index (χ0) is 32.2. The van der Waals surface area contributed by atoms with Crippen LogP contribution >= 0.6 is 0 Å². The fraction of sp³-hybridized carbons (Fsp3) is 0.846. The second-order valence-corrected chi connectivity index (χ2v) is 12.5. The minimum atomic E-state index is -0.527. The summed E-state index contributed by atoms with van der Waals surface area (Å²) in [5.74, 6) is -0.420. The Morgan fingerprint density at radius 2 is 0.955 bits per heavy atom. The van der Waals surface area contributed by atoms with E-state index in [4.69, 9.17) is 14.2 Å². The van der Waals surface area contributed by atoms with Gasteiger partial charge in [0.15, 0.2) is 6.10 Å². The topological polar surface area (TPSA) is 61.8 Å². The summed E-state index contributed by atoms with van der Waals surface area (Å²) < 4.78 is 17.0. The van der Waals surface area contributed by atoms with Crippen LogP contribution in [-0.4, -0.2) is 37.9 Å². The standard InChI is InChI=1S/C39H72O5/c1-4-7-10-13-15-16-17-18-19-20-21-22-23-25-28-31-34-42-35-37(44-39(41)33-30-26-12-9-6-3)36-43-38(40)32-29-27-24-14-11-8-5-2/h15-16,18-19,37H,4-14,17,20-36H2,1-3H3/b16-15-,19-18-. The number of allylic oxidation sites excluding steroid dienone is 4. The van der Waals surface area contributed by atoms with Crippen molar-refractivity contribution in [2.45, 2.75) is 194 Å². The molecule has 0 spiro atoms. The van der Waals surface area contributed by atoms with Gasteiger partial charge in [0, 0.05) is 19.4 Å². The maximum atomic E-state index is 12.4. The second-order valence-electron chi connectivity index (χ2n) is 12.5. The van der Waals surface area contributed by atoms with Crippen LogP contribution in [0.5, 0.6) is 0 Å². The zero-order valence-corrected chi connectivity index (χ0v) is 29.4. The molecule has 0 bridgehead atoms. The molecule has 0 aliphatic carbocycles. The molecule has 44 heavy (non-hydrogen) atoms. The molecular formula is C39H72O5. The maximum absolute atomic E-state index is 12.4. The number of esters is 2. The highest BCUT2D eigenvalue weighted by molar-refractivity contribution is 5.70. The molecule has 0 amide bonds. The molecule has 0 aliphatic heterocycles. The van der Waals surface area contributed by atoms with E-state index in [1.807, 2.05) is 0 Å². The van der Waals surface area contributed by atoms with Gasteiger partial charge in [0.2, 0.25) is 0 Å². The molecule has 0 rings (SSSR count). The first-order chi connectivity index (χ1) is 21.6. The Balaban J connectivity index is 4.07. The molecule has 0 heterocycles. The summed E-state index contributed by atoms with van der Waals surface area (Å²) in [6.45, 7) is 7.66. The van der Waals surface area contributed by atoms with Gasteiger partial charge in [-0.3, -0.25) is 9.59 Å². The van der Waals surface area contributed by atoms with E-state index in [9.17, 15) is 9.59 Å². The monoisotopic (exact) mass is 621 g/mol. The van der Waals surface area contributed by atoms with E-state index in [0.717, 1.165) is 51.4 Å². The summed E-state index contributed by atoms with van der Waals surface area (Å²) in [6, 6.07) is 0. The van der Waals surface area contributed by atoms with Crippen LogP contribution in [0.2, 0.25) is 0 Å². The number of ether oxygens (including phenoxy) is 3. The summed E-state index contributed by atoms with van der Waals surface area (Å²) >= 11 is 0. The van der Waals surface area contributed by atoms with Crippen LogP contribution in [0.15, 0.2) is 24.3 Å². The van der Waals surface area contributed by atoms with Gasteiger partial charge in [-0.15, -0.1) is 0 Å². The van der Waals surface area contributed by atoms with Gasteiger partial charge in [-0.2, -0.15) is 0 Å². The van der Waals surface area contributed by atoms with Crippen molar-refractivity contribution >= 4 is 11.9 Å². The van der Waals surface area contributed by atoms with Crippen LogP contribution in [0.3, 0.4) is 0 Å². The fourth-order valence-electron chi connectivity index (χ4n) is 5.13. The lowest BCUT2D eigenvalue weighted by Gasteiger charge is -2.18. The van der Waals surface area contributed by atoms with Crippen molar-refractivity contribution in [1.82, 2.24) is 0 Å². The van der Waals surface area contributed by atoms with Crippen LogP contribution in [0, 0.1) is 0 Å². The van der Waals surface area contributed by atoms with E-state index >= 15 is 0 Å². The minimum Gasteiger partial charge on any atom is -0.462 e. The van der Waals surface area contributed by atoms with Crippen molar-refractivity contribution in [2.75, 3.05) is 19.8 Å². The molecule has 0 saturated carbocycles. The lowest BCUT2D eigenvalue weighted by molar-refractivity contribution is -0.163. The first-order valence-electron chi connectivity index (χ1n) is 18.9. The first-order valence-corrected chi connectivity index (χ1v) is 18.9. The van der Waals surface area contributed by atoms with Gasteiger partial charge in [-0.1, -0.05) is 148 Å². The summed E-state index contributed by atoms with van der Waals surface area (Å²) in [6.07, 6.45) is 37.7. The third kappa shape index (κ3) is 33.3. The number of carbonyl (C=O) groups excluding carboxylic acids is 2. The Hall–Kier alpha value is -1.62. The van der Waals surface area contributed by atoms with Gasteiger partial charge in [-0.05, 0) is 51.4 Å². The Bertz CT molecular complexity index is 671. The van der Waals surface area contributed by atoms with Gasteiger partial charge in [-0.25, -0.2) is 0 Å². The molecule has 0 radical (unpaired) electrons. The minimum absolute atomic E-state index is 0.0839. The lowest BCUT2D eigenvalue weighted by Crippen LogP contribution is -2.30. The predicted octanol–water partition coefficient (Wildman–Crippen LogP) is 11.8. The Kier molecular flexibility index (Phi) is 34.5. The molecule has 0 N–H and O–H groups in total. The van der Waals surface area contributed by atoms with E-state index in [1.165, 1.54) is 103 Å². The van der Waals surface area contributed by atoms with Crippen molar-refractivity contribution < 1.29 is 23.8 Å². The van der Waals surface area contributed by atoms with E-state index < -0.39 is 6.10 Å². The van der Waals surface area contributed by atoms with Crippen molar-refractivity contribution in [2.24, 2.45) is 0 Å². The molecule has 0 aliphatic rings. The van der Waals surface area contributed by atoms with Crippen molar-refractivity contribution in [1.29, 1.82) is 0 Å². The SMILES string of the molecule is CCCCC/C=C\C/C=C\CCCCCCCCOCC(COC(=O)CCCCCCCCC)OC(=O)CCCCCCC. The average molecular weight is 621 g/mol. The molecule has 5 nitrogen and oxygen atoms in total. The highest BCUT2D eigenvalue weighted by atomic mass is 16.6. The number of hydrogen-bond acceptors (Lipinski definition) is 5. The first kappa shape index (κ1) is 42.4. The van der Waals surface area contributed by atoms with Crippen molar-refractivity contribution in [3.05, 3.63) is 24.3 Å². The summed E-state index contributed by atoms with van der Waals surface area (Å²) in [5.41, 5.74) is 0. The van der Waals surface area contributed by atoms with Crippen LogP contribution < -0.4 is 0 Å². The molecule has 0 fully saturated rings. The van der Waals surface area contributed by atoms with Crippen LogP contribution in [0.25, 0.3) is 0 Å². The maximum Gasteiger partial charge on any atom is 0.306 e. The van der Waals surface area contributed by atoms with Crippen LogP contribution in [0.4, 0.5) is 0 Å². The Morgan fingerprint density at radius 3 is 1.55 bits per heavy atom. The quantitative estimate of drug-likeness (QED) is 0.0407. The van der Waals surface area contributed by atoms with Gasteiger partial charge >= 0.3 is 11.9 Å². The van der Waals surface area contributed by atoms with E-state index in [1.54, 1.807) is 0 Å². The molecular weight excluding hydrogens is 548 g/mol. The van der Waals surface area contributed by atoms with Crippen molar-refractivity contribution in [3.8, 4) is 0 Å². The third-order valence-electron chi connectivity index (χ3n) is 7.99. The van der Waals surface area contributed by atoms with Gasteiger partial charge in [0.25, 0.3) is 0 Å². The van der Waals surface area contributed by atoms with E-state index in [2.05, 4.69) is 45.1 Å². The molecule has 0 saturated heterocycles. The molecule has 1 atom stereocenters. The van der Waals surface area contributed by atoms with Crippen molar-refractivity contribution in [3.63, 3.8) is 0 Å². The number of unbranched alkanes of at least 4 members (excludes halogenated alkanes) is 19. The molecule has 0 aromatic carbocycles. The highest BCUT2D eigenvalue weighted by Gasteiger charge is 2.17. The van der Waals surface area contributed by atoms with E-state index in [-0.39, 0.29) is 25.2 Å². The lowest BCUT2D eigenvalue weighted by atomic mass is 10.1. The number of rotatable bonds is 34. The predicted molar refractivity (Wildman–Crippen MR) is 187 cm³/mol. The Labute approximate surface area is 273 Å². The molecule has 258 valence electrons. The molecule has 1 unspecified atom stereocenters. The number of hydrogen-bond donors (Lipinski definition) is 0. The molecule has 5 heteroatoms. The van der Waals surface area contributed by atoms with Gasteiger partial charge in [0.05, 0.1) is 6.61 Å².